The molecule has 0 aromatic carbocycles. The lowest BCUT2D eigenvalue weighted by molar-refractivity contribution is 0.952. The van der Waals surface area contributed by atoms with Crippen molar-refractivity contribution in [1.29, 1.82) is 0 Å². The molecule has 11 heavy (non-hydrogen) atoms. The van der Waals surface area contributed by atoms with E-state index in [1.165, 1.54) is 0 Å². The van der Waals surface area contributed by atoms with Gasteiger partial charge in [-0.1, -0.05) is 5.92 Å². The van der Waals surface area contributed by atoms with E-state index < -0.39 is 0 Å². The highest BCUT2D eigenvalue weighted by Crippen LogP contribution is 1.85. The monoisotopic (exact) mass is 153 g/mol. The Balaban J connectivity index is 4.26. The van der Waals surface area contributed by atoms with E-state index in [0.717, 1.165) is 0 Å². The van der Waals surface area contributed by atoms with Gasteiger partial charge in [0, 0.05) is 0 Å². The lowest BCUT2D eigenvalue weighted by atomic mass is 10.4. The van der Waals surface area contributed by atoms with E-state index >= 15 is 0 Å². The fourth-order valence-corrected chi connectivity index (χ4v) is 0.397. The molecule has 0 aliphatic rings. The van der Waals surface area contributed by atoms with Crippen LogP contribution in [0.1, 0.15) is 6.92 Å². The summed E-state index contributed by atoms with van der Waals surface area (Å²) in [6.45, 7) is 1.70. The maximum atomic E-state index is 5.26. The van der Waals surface area contributed by atoms with Gasteiger partial charge in [0.2, 0.25) is 5.96 Å². The number of hydrogen-bond donors (Lipinski definition) is 3. The highest BCUT2D eigenvalue weighted by Gasteiger charge is 1.93. The van der Waals surface area contributed by atoms with E-state index in [4.69, 9.17) is 23.6 Å². The van der Waals surface area contributed by atoms with Crippen molar-refractivity contribution in [2.24, 2.45) is 27.2 Å². The molecule has 0 aliphatic heterocycles. The number of terminal acetylenes is 1. The number of aliphatic imine (C=N–C) groups is 2. The molecule has 1 atom stereocenters. The normalized spacial score (nSPS) is 13.3. The minimum atomic E-state index is -0.307. The van der Waals surface area contributed by atoms with Crippen LogP contribution in [0.25, 0.3) is 0 Å². The molecule has 0 bridgehead atoms. The summed E-state index contributed by atoms with van der Waals surface area (Å²) in [6.07, 6.45) is 5.03. The van der Waals surface area contributed by atoms with Crippen molar-refractivity contribution in [3.63, 3.8) is 0 Å². The van der Waals surface area contributed by atoms with Crippen molar-refractivity contribution < 1.29 is 0 Å². The van der Waals surface area contributed by atoms with Crippen molar-refractivity contribution in [3.05, 3.63) is 0 Å². The zero-order chi connectivity index (χ0) is 8.85. The van der Waals surface area contributed by atoms with Crippen molar-refractivity contribution in [1.82, 2.24) is 0 Å². The molecule has 0 radical (unpaired) electrons. The van der Waals surface area contributed by atoms with Crippen LogP contribution < -0.4 is 17.2 Å². The first-order valence-corrected chi connectivity index (χ1v) is 2.95. The van der Waals surface area contributed by atoms with Crippen LogP contribution in [0.4, 0.5) is 0 Å². The maximum absolute atomic E-state index is 5.26. The molecule has 0 fully saturated rings. The summed E-state index contributed by atoms with van der Waals surface area (Å²) >= 11 is 0. The Morgan fingerprint density at radius 3 is 2.36 bits per heavy atom. The molecule has 5 heteroatoms. The lowest BCUT2D eigenvalue weighted by Crippen LogP contribution is -2.26. The summed E-state index contributed by atoms with van der Waals surface area (Å²) in [6, 6.07) is -0.307. The molecule has 0 amide bonds. The fourth-order valence-electron chi connectivity index (χ4n) is 0.397. The van der Waals surface area contributed by atoms with E-state index in [9.17, 15) is 0 Å². The molecule has 0 saturated heterocycles. The average Bonchev–Trinajstić information content (AvgIpc) is 1.85. The van der Waals surface area contributed by atoms with Gasteiger partial charge in [0.25, 0.3) is 0 Å². The van der Waals surface area contributed by atoms with E-state index in [2.05, 4.69) is 15.9 Å². The lowest BCUT2D eigenvalue weighted by Gasteiger charge is -1.96. The third-order valence-corrected chi connectivity index (χ3v) is 0.811. The molecule has 0 aromatic heterocycles. The first-order chi connectivity index (χ1) is 5.06. The predicted molar refractivity (Wildman–Crippen MR) is 45.7 cm³/mol. The summed E-state index contributed by atoms with van der Waals surface area (Å²) < 4.78 is 0. The Morgan fingerprint density at radius 1 is 1.45 bits per heavy atom. The molecule has 0 rings (SSSR count). The Kier molecular flexibility index (Phi) is 3.52. The van der Waals surface area contributed by atoms with Crippen molar-refractivity contribution >= 4 is 11.9 Å². The van der Waals surface area contributed by atoms with Gasteiger partial charge in [-0.25, -0.2) is 4.99 Å². The standard InChI is InChI=1S/C6H11N5/c1-3-4(2)10-6(9)11-5(7)8/h1,4H,2H3,(H6,7,8,9,10,11). The van der Waals surface area contributed by atoms with Gasteiger partial charge in [0.1, 0.15) is 6.04 Å². The average molecular weight is 153 g/mol. The van der Waals surface area contributed by atoms with Crippen LogP contribution in [-0.4, -0.2) is 18.0 Å². The van der Waals surface area contributed by atoms with Gasteiger partial charge in [-0.2, -0.15) is 4.99 Å². The third-order valence-electron chi connectivity index (χ3n) is 0.811. The second-order valence-electron chi connectivity index (χ2n) is 1.87. The molecule has 6 N–H and O–H groups in total. The smallest absolute Gasteiger partial charge is 0.219 e. The van der Waals surface area contributed by atoms with Crippen LogP contribution in [-0.2, 0) is 0 Å². The second kappa shape index (κ2) is 4.17. The van der Waals surface area contributed by atoms with Crippen LogP contribution in [0.3, 0.4) is 0 Å². The van der Waals surface area contributed by atoms with Crippen LogP contribution >= 0.6 is 0 Å². The van der Waals surface area contributed by atoms with Crippen molar-refractivity contribution in [2.75, 3.05) is 0 Å². The first kappa shape index (κ1) is 9.30. The van der Waals surface area contributed by atoms with Crippen LogP contribution in [0.15, 0.2) is 9.98 Å². The van der Waals surface area contributed by atoms with Gasteiger partial charge in [0.05, 0.1) is 0 Å². The van der Waals surface area contributed by atoms with E-state index in [1.807, 2.05) is 0 Å². The fraction of sp³-hybridized carbons (Fsp3) is 0.333. The quantitative estimate of drug-likeness (QED) is 0.245. The van der Waals surface area contributed by atoms with Gasteiger partial charge in [-0.15, -0.1) is 6.42 Å². The van der Waals surface area contributed by atoms with Gasteiger partial charge in [-0.3, -0.25) is 0 Å². The highest BCUT2D eigenvalue weighted by atomic mass is 15.1. The molecule has 0 aromatic rings. The van der Waals surface area contributed by atoms with Gasteiger partial charge < -0.3 is 17.2 Å². The Hall–Kier alpha value is -1.70. The predicted octanol–water partition coefficient (Wildman–Crippen LogP) is -1.40. The largest absolute Gasteiger partial charge is 0.370 e. The van der Waals surface area contributed by atoms with E-state index in [-0.39, 0.29) is 18.0 Å². The molecule has 0 heterocycles. The first-order valence-electron chi connectivity index (χ1n) is 2.95. The molecule has 0 aliphatic carbocycles. The van der Waals surface area contributed by atoms with E-state index in [1.54, 1.807) is 6.92 Å². The Morgan fingerprint density at radius 2 is 2.00 bits per heavy atom. The number of rotatable bonds is 1. The number of nitrogens with zero attached hydrogens (tertiary/aromatic N) is 2. The van der Waals surface area contributed by atoms with Crippen molar-refractivity contribution in [3.8, 4) is 12.3 Å². The highest BCUT2D eigenvalue weighted by molar-refractivity contribution is 5.92. The Bertz CT molecular complexity index is 218. The molecular weight excluding hydrogens is 142 g/mol. The zero-order valence-electron chi connectivity index (χ0n) is 6.28. The minimum absolute atomic E-state index is 0.00421. The number of nitrogens with two attached hydrogens (primary N) is 3. The van der Waals surface area contributed by atoms with Gasteiger partial charge in [-0.05, 0) is 6.92 Å². The van der Waals surface area contributed by atoms with Gasteiger partial charge in [0.15, 0.2) is 5.96 Å². The molecule has 0 spiro atoms. The minimum Gasteiger partial charge on any atom is -0.370 e. The van der Waals surface area contributed by atoms with Crippen LogP contribution in [0.2, 0.25) is 0 Å². The molecule has 1 unspecified atom stereocenters. The SMILES string of the molecule is C#CC(C)N=C(N)N=C(N)N. The summed E-state index contributed by atoms with van der Waals surface area (Å²) in [5.41, 5.74) is 15.3. The summed E-state index contributed by atoms with van der Waals surface area (Å²) in [7, 11) is 0. The molecule has 0 saturated carbocycles. The van der Waals surface area contributed by atoms with E-state index in [0.29, 0.717) is 0 Å². The molecule has 5 nitrogen and oxygen atoms in total. The number of hydrogen-bond acceptors (Lipinski definition) is 1. The maximum Gasteiger partial charge on any atom is 0.219 e. The topological polar surface area (TPSA) is 103 Å². The molecular formula is C6H11N5. The zero-order valence-corrected chi connectivity index (χ0v) is 6.28. The van der Waals surface area contributed by atoms with Crippen LogP contribution in [0, 0.1) is 12.3 Å². The third kappa shape index (κ3) is 4.78. The summed E-state index contributed by atoms with van der Waals surface area (Å²) in [5, 5.41) is 0. The van der Waals surface area contributed by atoms with Crippen LogP contribution in [0.5, 0.6) is 0 Å². The Labute approximate surface area is 65.4 Å². The summed E-state index contributed by atoms with van der Waals surface area (Å²) in [5.74, 6) is 2.22. The number of guanidine groups is 2. The molecule has 60 valence electrons. The second-order valence-corrected chi connectivity index (χ2v) is 1.87. The van der Waals surface area contributed by atoms with Gasteiger partial charge >= 0.3 is 0 Å². The van der Waals surface area contributed by atoms with Crippen molar-refractivity contribution in [2.45, 2.75) is 13.0 Å². The summed E-state index contributed by atoms with van der Waals surface area (Å²) in [4.78, 5) is 7.22.